The maximum absolute atomic E-state index is 12.4. The molecule has 3 nitrogen and oxygen atoms in total. The van der Waals surface area contributed by atoms with Gasteiger partial charge in [-0.15, -0.1) is 11.3 Å². The minimum Gasteiger partial charge on any atom is -0.348 e. The van der Waals surface area contributed by atoms with Crippen molar-refractivity contribution in [2.45, 2.75) is 51.6 Å². The van der Waals surface area contributed by atoms with Gasteiger partial charge in [0.2, 0.25) is 0 Å². The van der Waals surface area contributed by atoms with Gasteiger partial charge in [-0.2, -0.15) is 0 Å². The molecule has 3 rings (SSSR count). The van der Waals surface area contributed by atoms with E-state index in [1.165, 1.54) is 30.7 Å². The number of nitrogens with one attached hydrogen (secondary N) is 1. The lowest BCUT2D eigenvalue weighted by atomic mass is 9.99. The zero-order valence-electron chi connectivity index (χ0n) is 11.7. The molecule has 0 unspecified atom stereocenters. The summed E-state index contributed by atoms with van der Waals surface area (Å²) < 4.78 is 0. The van der Waals surface area contributed by atoms with Gasteiger partial charge < -0.3 is 5.32 Å². The standard InChI is InChI=1S/C15H22N2OS/c1-10-9-12(11(2)19-10)15(18)16-13-6-8-17-7-4-3-5-14(13)17/h9,13-14H,3-8H2,1-2H3,(H,16,18)/t13-,14-/m1/s1. The molecule has 0 saturated carbocycles. The van der Waals surface area contributed by atoms with Crippen LogP contribution in [0.3, 0.4) is 0 Å². The summed E-state index contributed by atoms with van der Waals surface area (Å²) in [4.78, 5) is 17.3. The Bertz CT molecular complexity index is 482. The number of nitrogens with zero attached hydrogens (tertiary/aromatic N) is 1. The number of carbonyl (C=O) groups excluding carboxylic acids is 1. The summed E-state index contributed by atoms with van der Waals surface area (Å²) in [6.45, 7) is 6.46. The van der Waals surface area contributed by atoms with E-state index in [9.17, 15) is 4.79 Å². The zero-order chi connectivity index (χ0) is 13.4. The van der Waals surface area contributed by atoms with E-state index in [-0.39, 0.29) is 5.91 Å². The average Bonchev–Trinajstić information content (AvgIpc) is 2.94. The number of hydrogen-bond donors (Lipinski definition) is 1. The molecule has 0 radical (unpaired) electrons. The van der Waals surface area contributed by atoms with Crippen LogP contribution >= 0.6 is 11.3 Å². The monoisotopic (exact) mass is 278 g/mol. The summed E-state index contributed by atoms with van der Waals surface area (Å²) in [5.41, 5.74) is 0.872. The van der Waals surface area contributed by atoms with E-state index in [1.54, 1.807) is 11.3 Å². The highest BCUT2D eigenvalue weighted by Gasteiger charge is 2.36. The number of thiophene rings is 1. The van der Waals surface area contributed by atoms with Gasteiger partial charge >= 0.3 is 0 Å². The minimum atomic E-state index is 0.124. The second-order valence-electron chi connectivity index (χ2n) is 5.79. The van der Waals surface area contributed by atoms with Crippen molar-refractivity contribution in [3.8, 4) is 0 Å². The van der Waals surface area contributed by atoms with Crippen molar-refractivity contribution >= 4 is 17.2 Å². The van der Waals surface area contributed by atoms with Crippen LogP contribution < -0.4 is 5.32 Å². The van der Waals surface area contributed by atoms with Gasteiger partial charge in [-0.05, 0) is 45.7 Å². The second-order valence-corrected chi connectivity index (χ2v) is 7.26. The van der Waals surface area contributed by atoms with E-state index in [2.05, 4.69) is 17.1 Å². The van der Waals surface area contributed by atoms with Crippen molar-refractivity contribution in [1.82, 2.24) is 10.2 Å². The highest BCUT2D eigenvalue weighted by atomic mass is 32.1. The number of aryl methyl sites for hydroxylation is 2. The zero-order valence-corrected chi connectivity index (χ0v) is 12.6. The highest BCUT2D eigenvalue weighted by molar-refractivity contribution is 7.12. The van der Waals surface area contributed by atoms with Crippen molar-refractivity contribution in [3.05, 3.63) is 21.4 Å². The topological polar surface area (TPSA) is 32.3 Å². The molecule has 2 saturated heterocycles. The molecule has 2 aliphatic rings. The molecule has 1 amide bonds. The first kappa shape index (κ1) is 13.1. The Balaban J connectivity index is 1.68. The quantitative estimate of drug-likeness (QED) is 0.902. The molecule has 0 spiro atoms. The predicted molar refractivity (Wildman–Crippen MR) is 78.9 cm³/mol. The Labute approximate surface area is 119 Å². The number of piperidine rings is 1. The Morgan fingerprint density at radius 2 is 2.16 bits per heavy atom. The molecule has 0 bridgehead atoms. The average molecular weight is 278 g/mol. The Morgan fingerprint density at radius 1 is 1.32 bits per heavy atom. The molecule has 2 fully saturated rings. The number of hydrogen-bond acceptors (Lipinski definition) is 3. The van der Waals surface area contributed by atoms with Gasteiger partial charge in [-0.3, -0.25) is 9.69 Å². The van der Waals surface area contributed by atoms with Crippen LogP contribution in [0.1, 0.15) is 45.8 Å². The molecule has 1 aromatic heterocycles. The first-order valence-corrected chi connectivity index (χ1v) is 8.09. The van der Waals surface area contributed by atoms with E-state index in [0.717, 1.165) is 23.4 Å². The fraction of sp³-hybridized carbons (Fsp3) is 0.667. The first-order valence-electron chi connectivity index (χ1n) is 7.27. The molecule has 4 heteroatoms. The van der Waals surface area contributed by atoms with Crippen molar-refractivity contribution in [2.24, 2.45) is 0 Å². The van der Waals surface area contributed by atoms with Crippen molar-refractivity contribution < 1.29 is 4.79 Å². The largest absolute Gasteiger partial charge is 0.348 e. The van der Waals surface area contributed by atoms with Crippen molar-refractivity contribution in [3.63, 3.8) is 0 Å². The van der Waals surface area contributed by atoms with Crippen LogP contribution in [-0.4, -0.2) is 36.0 Å². The third-order valence-corrected chi connectivity index (χ3v) is 5.42. The molecule has 2 aliphatic heterocycles. The SMILES string of the molecule is Cc1cc(C(=O)N[C@@H]2CCN3CCCC[C@H]23)c(C)s1. The highest BCUT2D eigenvalue weighted by Crippen LogP contribution is 2.28. The van der Waals surface area contributed by atoms with Gasteiger partial charge in [-0.1, -0.05) is 6.42 Å². The lowest BCUT2D eigenvalue weighted by Crippen LogP contribution is -2.46. The normalized spacial score (nSPS) is 27.3. The maximum Gasteiger partial charge on any atom is 0.252 e. The third-order valence-electron chi connectivity index (χ3n) is 4.46. The third kappa shape index (κ3) is 2.56. The maximum atomic E-state index is 12.4. The second kappa shape index (κ2) is 5.25. The predicted octanol–water partition coefficient (Wildman–Crippen LogP) is 2.72. The Kier molecular flexibility index (Phi) is 3.63. The molecule has 0 aromatic carbocycles. The van der Waals surface area contributed by atoms with E-state index >= 15 is 0 Å². The lowest BCUT2D eigenvalue weighted by Gasteiger charge is -2.32. The Hall–Kier alpha value is -0.870. The van der Waals surface area contributed by atoms with Crippen LogP contribution in [0.15, 0.2) is 6.07 Å². The van der Waals surface area contributed by atoms with Crippen LogP contribution in [0.25, 0.3) is 0 Å². The van der Waals surface area contributed by atoms with Crippen molar-refractivity contribution in [1.29, 1.82) is 0 Å². The van der Waals surface area contributed by atoms with Crippen LogP contribution in [-0.2, 0) is 0 Å². The molecule has 104 valence electrons. The number of carbonyl (C=O) groups is 1. The Morgan fingerprint density at radius 3 is 2.89 bits per heavy atom. The number of fused-ring (bicyclic) bond motifs is 1. The summed E-state index contributed by atoms with van der Waals surface area (Å²) in [6.07, 6.45) is 4.98. The molecule has 2 atom stereocenters. The van der Waals surface area contributed by atoms with E-state index in [4.69, 9.17) is 0 Å². The molecular formula is C15H22N2OS. The van der Waals surface area contributed by atoms with Crippen LogP contribution in [0, 0.1) is 13.8 Å². The van der Waals surface area contributed by atoms with E-state index < -0.39 is 0 Å². The summed E-state index contributed by atoms with van der Waals surface area (Å²) in [6, 6.07) is 2.95. The first-order chi connectivity index (χ1) is 9.15. The fourth-order valence-electron chi connectivity index (χ4n) is 3.52. The fourth-order valence-corrected chi connectivity index (χ4v) is 4.44. The number of rotatable bonds is 2. The van der Waals surface area contributed by atoms with Crippen LogP contribution in [0.2, 0.25) is 0 Å². The molecule has 0 aliphatic carbocycles. The smallest absolute Gasteiger partial charge is 0.252 e. The van der Waals surface area contributed by atoms with Gasteiger partial charge in [0.25, 0.3) is 5.91 Å². The van der Waals surface area contributed by atoms with Gasteiger partial charge in [0.05, 0.1) is 5.56 Å². The molecular weight excluding hydrogens is 256 g/mol. The summed E-state index contributed by atoms with van der Waals surface area (Å²) in [7, 11) is 0. The van der Waals surface area contributed by atoms with Gasteiger partial charge in [0.1, 0.15) is 0 Å². The van der Waals surface area contributed by atoms with Gasteiger partial charge in [0.15, 0.2) is 0 Å². The lowest BCUT2D eigenvalue weighted by molar-refractivity contribution is 0.0915. The molecule has 1 aromatic rings. The van der Waals surface area contributed by atoms with E-state index in [1.807, 2.05) is 13.0 Å². The summed E-state index contributed by atoms with van der Waals surface area (Å²) in [5, 5.41) is 3.27. The molecule has 1 N–H and O–H groups in total. The minimum absolute atomic E-state index is 0.124. The molecule has 3 heterocycles. The van der Waals surface area contributed by atoms with E-state index in [0.29, 0.717) is 12.1 Å². The van der Waals surface area contributed by atoms with Gasteiger partial charge in [0, 0.05) is 28.4 Å². The summed E-state index contributed by atoms with van der Waals surface area (Å²) >= 11 is 1.71. The van der Waals surface area contributed by atoms with Crippen LogP contribution in [0.5, 0.6) is 0 Å². The van der Waals surface area contributed by atoms with Crippen molar-refractivity contribution in [2.75, 3.05) is 13.1 Å². The number of amides is 1. The molecule has 19 heavy (non-hydrogen) atoms. The van der Waals surface area contributed by atoms with Gasteiger partial charge in [-0.25, -0.2) is 0 Å². The summed E-state index contributed by atoms with van der Waals surface area (Å²) in [5.74, 6) is 0.124. The van der Waals surface area contributed by atoms with Crippen LogP contribution in [0.4, 0.5) is 0 Å².